The quantitative estimate of drug-likeness (QED) is 0.162. The van der Waals surface area contributed by atoms with E-state index < -0.39 is 12.1 Å². The second-order valence-corrected chi connectivity index (χ2v) is 12.9. The molecule has 0 saturated heterocycles. The number of thiazole rings is 1. The second-order valence-electron chi connectivity index (χ2n) is 11.9. The molecule has 1 atom stereocenters. The van der Waals surface area contributed by atoms with Gasteiger partial charge in [0, 0.05) is 48.6 Å². The number of imidazole rings is 1. The minimum Gasteiger partial charge on any atom is -0.476 e. The van der Waals surface area contributed by atoms with Crippen LogP contribution in [0.15, 0.2) is 53.2 Å². The lowest BCUT2D eigenvalue weighted by molar-refractivity contribution is 0.0602. The number of nitrogens with one attached hydrogen (secondary N) is 3. The van der Waals surface area contributed by atoms with E-state index >= 15 is 0 Å². The Balaban J connectivity index is 1.07. The number of ether oxygens (including phenoxy) is 2. The van der Waals surface area contributed by atoms with Gasteiger partial charge in [-0.25, -0.2) is 14.8 Å². The topological polar surface area (TPSA) is 148 Å². The number of aromatic nitrogens is 4. The molecule has 226 valence electrons. The summed E-state index contributed by atoms with van der Waals surface area (Å²) in [5, 5.41) is 22.8. The van der Waals surface area contributed by atoms with Crippen molar-refractivity contribution in [1.82, 2.24) is 24.8 Å². The van der Waals surface area contributed by atoms with Gasteiger partial charge in [-0.3, -0.25) is 9.72 Å². The third kappa shape index (κ3) is 6.64. The highest BCUT2D eigenvalue weighted by Crippen LogP contribution is 2.36. The average molecular weight is 606 g/mol. The van der Waals surface area contributed by atoms with E-state index in [1.807, 2.05) is 67.8 Å². The Morgan fingerprint density at radius 1 is 1.16 bits per heavy atom. The third-order valence-electron chi connectivity index (χ3n) is 7.29. The zero-order valence-corrected chi connectivity index (χ0v) is 25.3. The number of urea groups is 1. The van der Waals surface area contributed by atoms with E-state index in [1.165, 1.54) is 11.3 Å². The lowest BCUT2D eigenvalue weighted by atomic mass is 9.93. The first-order valence-corrected chi connectivity index (χ1v) is 14.9. The zero-order chi connectivity index (χ0) is 30.2. The SMILES string of the molecule is COC[C@H](O)CNC1(COc2ccc3c(n2)sc2nc(-c4ccc(NC(=O)Nc5cc(C(C)(C)C)on5)cc4)cn23)CC1. The summed E-state index contributed by atoms with van der Waals surface area (Å²) in [5.41, 5.74) is 3.01. The van der Waals surface area contributed by atoms with Crippen LogP contribution in [0.4, 0.5) is 16.3 Å². The monoisotopic (exact) mass is 605 g/mol. The predicted molar refractivity (Wildman–Crippen MR) is 165 cm³/mol. The van der Waals surface area contributed by atoms with Crippen LogP contribution in [0.25, 0.3) is 26.6 Å². The number of methoxy groups -OCH3 is 1. The molecule has 1 fully saturated rings. The normalized spacial score (nSPS) is 15.1. The lowest BCUT2D eigenvalue weighted by Gasteiger charge is -2.19. The molecule has 1 aliphatic rings. The number of rotatable bonds is 11. The van der Waals surface area contributed by atoms with Crippen molar-refractivity contribution in [3.8, 4) is 17.1 Å². The van der Waals surface area contributed by atoms with Gasteiger partial charge in [-0.1, -0.05) is 49.4 Å². The number of pyridine rings is 1. The van der Waals surface area contributed by atoms with Crippen molar-refractivity contribution in [2.45, 2.75) is 50.7 Å². The molecule has 0 bridgehead atoms. The highest BCUT2D eigenvalue weighted by Gasteiger charge is 2.43. The molecule has 1 saturated carbocycles. The van der Waals surface area contributed by atoms with E-state index in [0.717, 1.165) is 39.4 Å². The average Bonchev–Trinajstić information content (AvgIpc) is 3.24. The number of benzene rings is 1. The van der Waals surface area contributed by atoms with Crippen LogP contribution in [0.1, 0.15) is 39.4 Å². The zero-order valence-electron chi connectivity index (χ0n) is 24.5. The highest BCUT2D eigenvalue weighted by atomic mass is 32.1. The van der Waals surface area contributed by atoms with Crippen molar-refractivity contribution in [3.05, 3.63) is 54.4 Å². The van der Waals surface area contributed by atoms with Gasteiger partial charge >= 0.3 is 6.03 Å². The Morgan fingerprint density at radius 2 is 1.95 bits per heavy atom. The summed E-state index contributed by atoms with van der Waals surface area (Å²) in [6, 6.07) is 12.7. The Labute approximate surface area is 252 Å². The van der Waals surface area contributed by atoms with Crippen LogP contribution in [-0.2, 0) is 10.2 Å². The Hall–Kier alpha value is -4.04. The van der Waals surface area contributed by atoms with Crippen LogP contribution >= 0.6 is 11.3 Å². The number of carbonyl (C=O) groups excluding carboxylic acids is 1. The van der Waals surface area contributed by atoms with Gasteiger partial charge in [0.05, 0.1) is 29.5 Å². The molecule has 43 heavy (non-hydrogen) atoms. The first kappa shape index (κ1) is 29.1. The number of anilines is 2. The summed E-state index contributed by atoms with van der Waals surface area (Å²) >= 11 is 1.49. The van der Waals surface area contributed by atoms with Gasteiger partial charge in [0.15, 0.2) is 10.8 Å². The molecule has 0 radical (unpaired) electrons. The van der Waals surface area contributed by atoms with E-state index in [9.17, 15) is 9.90 Å². The van der Waals surface area contributed by atoms with Crippen molar-refractivity contribution >= 4 is 44.2 Å². The van der Waals surface area contributed by atoms with Gasteiger partial charge < -0.3 is 29.7 Å². The fourth-order valence-corrected chi connectivity index (χ4v) is 5.57. The molecule has 1 aliphatic carbocycles. The summed E-state index contributed by atoms with van der Waals surface area (Å²) in [7, 11) is 1.58. The van der Waals surface area contributed by atoms with Crippen molar-refractivity contribution in [2.75, 3.05) is 37.5 Å². The van der Waals surface area contributed by atoms with Crippen LogP contribution in [0.3, 0.4) is 0 Å². The molecule has 4 heterocycles. The predicted octanol–water partition coefficient (Wildman–Crippen LogP) is 5.05. The number of nitrogens with zero attached hydrogens (tertiary/aromatic N) is 4. The molecule has 13 heteroatoms. The van der Waals surface area contributed by atoms with Crippen molar-refractivity contribution in [3.63, 3.8) is 0 Å². The van der Waals surface area contributed by atoms with Crippen LogP contribution in [0.5, 0.6) is 5.88 Å². The molecule has 0 aliphatic heterocycles. The van der Waals surface area contributed by atoms with E-state index in [2.05, 4.69) is 21.1 Å². The summed E-state index contributed by atoms with van der Waals surface area (Å²) in [6.45, 7) is 7.29. The van der Waals surface area contributed by atoms with Crippen LogP contribution < -0.4 is 20.7 Å². The molecule has 12 nitrogen and oxygen atoms in total. The summed E-state index contributed by atoms with van der Waals surface area (Å²) in [4.78, 5) is 23.6. The maximum absolute atomic E-state index is 12.4. The fraction of sp³-hybridized carbons (Fsp3) is 0.400. The van der Waals surface area contributed by atoms with Crippen molar-refractivity contribution in [1.29, 1.82) is 0 Å². The molecule has 4 aromatic heterocycles. The molecule has 2 amide bonds. The molecule has 0 spiro atoms. The first-order valence-electron chi connectivity index (χ1n) is 14.1. The molecular weight excluding hydrogens is 570 g/mol. The molecule has 0 unspecified atom stereocenters. The number of β-amino-alcohol motifs (C(OH)–C–C–N with tert-alkyl or cyclic N) is 1. The molecule has 5 aromatic rings. The summed E-state index contributed by atoms with van der Waals surface area (Å²) < 4.78 is 18.4. The van der Waals surface area contributed by atoms with Gasteiger partial charge in [-0.15, -0.1) is 0 Å². The van der Waals surface area contributed by atoms with E-state index in [0.29, 0.717) is 42.9 Å². The Bertz CT molecular complexity index is 1730. The van der Waals surface area contributed by atoms with Gasteiger partial charge in [-0.05, 0) is 31.0 Å². The fourth-order valence-electron chi connectivity index (χ4n) is 4.60. The number of carbonyl (C=O) groups is 1. The maximum Gasteiger partial charge on any atom is 0.324 e. The molecule has 6 rings (SSSR count). The molecule has 4 N–H and O–H groups in total. The summed E-state index contributed by atoms with van der Waals surface area (Å²) in [5.74, 6) is 1.61. The Morgan fingerprint density at radius 3 is 2.65 bits per heavy atom. The number of aliphatic hydroxyl groups excluding tert-OH is 1. The van der Waals surface area contributed by atoms with Crippen LogP contribution in [-0.4, -0.2) is 69.2 Å². The van der Waals surface area contributed by atoms with Gasteiger partial charge in [0.1, 0.15) is 17.2 Å². The number of hydrogen-bond donors (Lipinski definition) is 4. The third-order valence-corrected chi connectivity index (χ3v) is 8.25. The minimum atomic E-state index is -0.543. The number of hydrogen-bond acceptors (Lipinski definition) is 10. The summed E-state index contributed by atoms with van der Waals surface area (Å²) in [6.07, 6.45) is 3.43. The van der Waals surface area contributed by atoms with Crippen molar-refractivity contribution in [2.24, 2.45) is 0 Å². The minimum absolute atomic E-state index is 0.119. The standard InChI is InChI=1S/C30H35N7O5S/c1-29(2,3)23-13-24(36-42-23)34-27(39)32-19-7-5-18(6-8-19)21-15-37-22-9-10-25(35-26(22)43-28(37)33-21)41-17-30(11-12-30)31-14-20(38)16-40-4/h5-10,13,15,20,31,38H,11-12,14,16-17H2,1-4H3,(H2,32,34,36,39)/t20-/m1/s1. The number of aliphatic hydroxyl groups is 1. The van der Waals surface area contributed by atoms with E-state index in [-0.39, 0.29) is 11.0 Å². The maximum atomic E-state index is 12.4. The largest absolute Gasteiger partial charge is 0.476 e. The second kappa shape index (κ2) is 11.6. The van der Waals surface area contributed by atoms with Crippen molar-refractivity contribution < 1.29 is 23.9 Å². The van der Waals surface area contributed by atoms with Crippen LogP contribution in [0.2, 0.25) is 0 Å². The lowest BCUT2D eigenvalue weighted by Crippen LogP contribution is -2.42. The number of fused-ring (bicyclic) bond motifs is 3. The highest BCUT2D eigenvalue weighted by molar-refractivity contribution is 7.23. The van der Waals surface area contributed by atoms with Gasteiger partial charge in [-0.2, -0.15) is 0 Å². The molecular formula is C30H35N7O5S. The van der Waals surface area contributed by atoms with E-state index in [4.69, 9.17) is 24.0 Å². The van der Waals surface area contributed by atoms with E-state index in [1.54, 1.807) is 13.2 Å². The smallest absolute Gasteiger partial charge is 0.324 e. The Kier molecular flexibility index (Phi) is 7.81. The molecule has 1 aromatic carbocycles. The van der Waals surface area contributed by atoms with Gasteiger partial charge in [0.2, 0.25) is 5.88 Å². The number of amides is 2. The van der Waals surface area contributed by atoms with Gasteiger partial charge in [0.25, 0.3) is 0 Å². The first-order chi connectivity index (χ1) is 20.6. The van der Waals surface area contributed by atoms with Crippen LogP contribution in [0, 0.1) is 0 Å².